The second-order valence-electron chi connectivity index (χ2n) is 4.28. The average Bonchev–Trinajstić information content (AvgIpc) is 3.04. The quantitative estimate of drug-likeness (QED) is 0.284. The largest absolute Gasteiger partial charge is 0.382 e. The Morgan fingerprint density at radius 1 is 1.43 bits per heavy atom. The first-order valence-electron chi connectivity index (χ1n) is 6.49. The molecule has 0 radical (unpaired) electrons. The molecule has 23 heavy (non-hydrogen) atoms. The minimum Gasteiger partial charge on any atom is -0.382 e. The van der Waals surface area contributed by atoms with Gasteiger partial charge in [0, 0.05) is 25.2 Å². The number of amides is 1. The summed E-state index contributed by atoms with van der Waals surface area (Å²) in [6.45, 7) is 0.833. The lowest BCUT2D eigenvalue weighted by molar-refractivity contribution is -0.384. The summed E-state index contributed by atoms with van der Waals surface area (Å²) in [4.78, 5) is 25.6. The van der Waals surface area contributed by atoms with Crippen molar-refractivity contribution < 1.29 is 9.72 Å². The Labute approximate surface area is 140 Å². The van der Waals surface area contributed by atoms with E-state index in [0.29, 0.717) is 23.9 Å². The molecule has 122 valence electrons. The molecule has 1 aromatic carbocycles. The SMILES string of the molecule is O=C(CSc1ncn[nH]1)NCCNc1ccc([N+](=O)[O-])cc1Cl. The third kappa shape index (κ3) is 5.42. The van der Waals surface area contributed by atoms with Crippen molar-refractivity contribution in [3.63, 3.8) is 0 Å². The van der Waals surface area contributed by atoms with E-state index in [1.165, 1.54) is 36.3 Å². The number of aromatic nitrogens is 3. The molecule has 1 heterocycles. The molecule has 0 unspecified atom stereocenters. The van der Waals surface area contributed by atoms with Crippen LogP contribution < -0.4 is 10.6 Å². The van der Waals surface area contributed by atoms with Gasteiger partial charge >= 0.3 is 0 Å². The van der Waals surface area contributed by atoms with Crippen LogP contribution in [-0.4, -0.2) is 44.9 Å². The van der Waals surface area contributed by atoms with E-state index in [-0.39, 0.29) is 22.4 Å². The number of anilines is 1. The minimum absolute atomic E-state index is 0.0710. The number of H-pyrrole nitrogens is 1. The Kier molecular flexibility index (Phi) is 6.18. The maximum atomic E-state index is 11.6. The first-order chi connectivity index (χ1) is 11.1. The van der Waals surface area contributed by atoms with Crippen LogP contribution in [0.15, 0.2) is 29.7 Å². The standard InChI is InChI=1S/C12H13ClN6O3S/c13-9-5-8(19(21)22)1-2-10(9)14-3-4-15-11(20)6-23-12-16-7-17-18-12/h1-2,5,7,14H,3-4,6H2,(H,15,20)(H,16,17,18). The van der Waals surface area contributed by atoms with E-state index in [1.807, 2.05) is 0 Å². The second-order valence-corrected chi connectivity index (χ2v) is 5.65. The van der Waals surface area contributed by atoms with Crippen molar-refractivity contribution in [1.82, 2.24) is 20.5 Å². The van der Waals surface area contributed by atoms with Crippen molar-refractivity contribution in [3.05, 3.63) is 39.7 Å². The van der Waals surface area contributed by atoms with Gasteiger partial charge in [0.05, 0.1) is 21.4 Å². The van der Waals surface area contributed by atoms with Crippen LogP contribution in [0.4, 0.5) is 11.4 Å². The van der Waals surface area contributed by atoms with E-state index in [2.05, 4.69) is 25.8 Å². The molecule has 0 aliphatic carbocycles. The van der Waals surface area contributed by atoms with Gasteiger partial charge in [-0.15, -0.1) is 0 Å². The molecule has 2 aromatic rings. The third-order valence-electron chi connectivity index (χ3n) is 2.66. The first-order valence-corrected chi connectivity index (χ1v) is 7.85. The number of thioether (sulfide) groups is 1. The molecule has 0 saturated heterocycles. The zero-order valence-corrected chi connectivity index (χ0v) is 13.4. The summed E-state index contributed by atoms with van der Waals surface area (Å²) in [5.41, 5.74) is 0.501. The number of aromatic amines is 1. The molecule has 0 atom stereocenters. The molecular weight excluding hydrogens is 344 g/mol. The van der Waals surface area contributed by atoms with Gasteiger partial charge in [-0.3, -0.25) is 20.0 Å². The fourth-order valence-electron chi connectivity index (χ4n) is 1.61. The third-order valence-corrected chi connectivity index (χ3v) is 3.85. The normalized spacial score (nSPS) is 10.3. The topological polar surface area (TPSA) is 126 Å². The Balaban J connectivity index is 1.68. The molecule has 1 aromatic heterocycles. The van der Waals surface area contributed by atoms with Crippen LogP contribution in [0.5, 0.6) is 0 Å². The Hall–Kier alpha value is -2.33. The monoisotopic (exact) mass is 356 g/mol. The predicted molar refractivity (Wildman–Crippen MR) is 86.7 cm³/mol. The molecule has 11 heteroatoms. The van der Waals surface area contributed by atoms with Crippen LogP contribution in [0, 0.1) is 10.1 Å². The summed E-state index contributed by atoms with van der Waals surface area (Å²) in [5, 5.41) is 23.5. The average molecular weight is 357 g/mol. The number of nitrogens with zero attached hydrogens (tertiary/aromatic N) is 3. The van der Waals surface area contributed by atoms with Crippen LogP contribution >= 0.6 is 23.4 Å². The fourth-order valence-corrected chi connectivity index (χ4v) is 2.46. The highest BCUT2D eigenvalue weighted by molar-refractivity contribution is 7.99. The molecule has 0 aliphatic rings. The van der Waals surface area contributed by atoms with Gasteiger partial charge in [0.1, 0.15) is 6.33 Å². The molecule has 1 amide bonds. The Bertz CT molecular complexity index is 681. The van der Waals surface area contributed by atoms with E-state index in [4.69, 9.17) is 11.6 Å². The molecular formula is C12H13ClN6O3S. The van der Waals surface area contributed by atoms with Crippen LogP contribution in [0.25, 0.3) is 0 Å². The van der Waals surface area contributed by atoms with E-state index >= 15 is 0 Å². The van der Waals surface area contributed by atoms with Gasteiger partial charge < -0.3 is 10.6 Å². The molecule has 0 bridgehead atoms. The summed E-state index contributed by atoms with van der Waals surface area (Å²) in [7, 11) is 0. The number of nitro benzene ring substituents is 1. The zero-order valence-electron chi connectivity index (χ0n) is 11.8. The van der Waals surface area contributed by atoms with Crippen molar-refractivity contribution in [2.24, 2.45) is 0 Å². The van der Waals surface area contributed by atoms with E-state index in [0.717, 1.165) is 0 Å². The van der Waals surface area contributed by atoms with Gasteiger partial charge in [-0.1, -0.05) is 23.4 Å². The number of rotatable bonds is 8. The maximum Gasteiger partial charge on any atom is 0.271 e. The minimum atomic E-state index is -0.512. The number of halogens is 1. The van der Waals surface area contributed by atoms with Crippen molar-refractivity contribution in [3.8, 4) is 0 Å². The number of non-ortho nitro benzene ring substituents is 1. The number of hydrogen-bond acceptors (Lipinski definition) is 7. The molecule has 0 aliphatic heterocycles. The summed E-state index contributed by atoms with van der Waals surface area (Å²) >= 11 is 7.20. The Morgan fingerprint density at radius 2 is 2.26 bits per heavy atom. The van der Waals surface area contributed by atoms with Gasteiger partial charge in [-0.05, 0) is 6.07 Å². The number of hydrogen-bond donors (Lipinski definition) is 3. The highest BCUT2D eigenvalue weighted by Gasteiger charge is 2.09. The fraction of sp³-hybridized carbons (Fsp3) is 0.250. The molecule has 0 spiro atoms. The van der Waals surface area contributed by atoms with Gasteiger partial charge in [0.15, 0.2) is 5.16 Å². The van der Waals surface area contributed by atoms with Crippen LogP contribution in [0.1, 0.15) is 0 Å². The van der Waals surface area contributed by atoms with E-state index in [1.54, 1.807) is 0 Å². The first kappa shape index (κ1) is 17.0. The van der Waals surface area contributed by atoms with Crippen molar-refractivity contribution in [2.45, 2.75) is 5.16 Å². The van der Waals surface area contributed by atoms with Gasteiger partial charge in [-0.25, -0.2) is 4.98 Å². The smallest absolute Gasteiger partial charge is 0.271 e. The summed E-state index contributed by atoms with van der Waals surface area (Å²) in [6.07, 6.45) is 1.37. The number of carbonyl (C=O) groups excluding carboxylic acids is 1. The molecule has 0 saturated carbocycles. The molecule has 9 nitrogen and oxygen atoms in total. The number of benzene rings is 1. The van der Waals surface area contributed by atoms with Gasteiger partial charge in [0.25, 0.3) is 5.69 Å². The summed E-state index contributed by atoms with van der Waals surface area (Å²) < 4.78 is 0. The van der Waals surface area contributed by atoms with Crippen LogP contribution in [-0.2, 0) is 4.79 Å². The maximum absolute atomic E-state index is 11.6. The highest BCUT2D eigenvalue weighted by Crippen LogP contribution is 2.26. The van der Waals surface area contributed by atoms with Crippen LogP contribution in [0.3, 0.4) is 0 Å². The number of nitro groups is 1. The number of nitrogens with one attached hydrogen (secondary N) is 3. The van der Waals surface area contributed by atoms with Gasteiger partial charge in [-0.2, -0.15) is 5.10 Å². The van der Waals surface area contributed by atoms with E-state index in [9.17, 15) is 14.9 Å². The number of carbonyl (C=O) groups is 1. The predicted octanol–water partition coefficient (Wildman–Crippen LogP) is 1.69. The van der Waals surface area contributed by atoms with Crippen molar-refractivity contribution >= 4 is 40.6 Å². The van der Waals surface area contributed by atoms with Crippen molar-refractivity contribution in [2.75, 3.05) is 24.2 Å². The van der Waals surface area contributed by atoms with E-state index < -0.39 is 4.92 Å². The zero-order chi connectivity index (χ0) is 16.7. The highest BCUT2D eigenvalue weighted by atomic mass is 35.5. The lowest BCUT2D eigenvalue weighted by atomic mass is 10.3. The van der Waals surface area contributed by atoms with Gasteiger partial charge in [0.2, 0.25) is 5.91 Å². The second kappa shape index (κ2) is 8.34. The summed E-state index contributed by atoms with van der Waals surface area (Å²) in [6, 6.07) is 4.17. The molecule has 2 rings (SSSR count). The van der Waals surface area contributed by atoms with Crippen molar-refractivity contribution in [1.29, 1.82) is 0 Å². The van der Waals surface area contributed by atoms with Crippen LogP contribution in [0.2, 0.25) is 5.02 Å². The summed E-state index contributed by atoms with van der Waals surface area (Å²) in [5.74, 6) is 0.0935. The molecule has 0 fully saturated rings. The Morgan fingerprint density at radius 3 is 2.91 bits per heavy atom. The molecule has 3 N–H and O–H groups in total. The lowest BCUT2D eigenvalue weighted by Gasteiger charge is -2.09. The lowest BCUT2D eigenvalue weighted by Crippen LogP contribution is -2.30.